The summed E-state index contributed by atoms with van der Waals surface area (Å²) in [6.45, 7) is 5.28. The Balaban J connectivity index is 2.04. The number of ether oxygens (including phenoxy) is 1. The van der Waals surface area contributed by atoms with Crippen molar-refractivity contribution in [2.24, 2.45) is 0 Å². The topological polar surface area (TPSA) is 82.2 Å². The van der Waals surface area contributed by atoms with Crippen molar-refractivity contribution in [3.8, 4) is 0 Å². The zero-order valence-corrected chi connectivity index (χ0v) is 10.8. The van der Waals surface area contributed by atoms with Gasteiger partial charge < -0.3 is 15.8 Å². The molecule has 1 aromatic heterocycles. The second-order valence-corrected chi connectivity index (χ2v) is 4.58. The van der Waals surface area contributed by atoms with Crippen LogP contribution in [-0.2, 0) is 11.3 Å². The van der Waals surface area contributed by atoms with E-state index >= 15 is 0 Å². The molecule has 1 fully saturated rings. The fraction of sp³-hybridized carbons (Fsp3) is 0.667. The number of hydrogen-bond acceptors (Lipinski definition) is 4. The van der Waals surface area contributed by atoms with Crippen molar-refractivity contribution in [1.82, 2.24) is 15.1 Å². The fourth-order valence-corrected chi connectivity index (χ4v) is 2.25. The molecular formula is C12H20N4O2. The van der Waals surface area contributed by atoms with Crippen molar-refractivity contribution >= 4 is 11.6 Å². The number of hydrogen-bond donors (Lipinski definition) is 2. The number of anilines is 1. The first-order valence-electron chi connectivity index (χ1n) is 6.37. The Hall–Kier alpha value is -1.56. The second kappa shape index (κ2) is 5.39. The van der Waals surface area contributed by atoms with Crippen LogP contribution in [0.2, 0.25) is 0 Å². The van der Waals surface area contributed by atoms with Crippen LogP contribution >= 0.6 is 0 Å². The van der Waals surface area contributed by atoms with Gasteiger partial charge in [0.1, 0.15) is 5.69 Å². The first-order chi connectivity index (χ1) is 8.63. The molecule has 2 atom stereocenters. The highest BCUT2D eigenvalue weighted by molar-refractivity contribution is 5.97. The number of aryl methyl sites for hydroxylation is 1. The van der Waals surface area contributed by atoms with Gasteiger partial charge >= 0.3 is 0 Å². The number of carbonyl (C=O) groups excluding carboxylic acids is 1. The van der Waals surface area contributed by atoms with Gasteiger partial charge in [0.05, 0.1) is 24.0 Å². The van der Waals surface area contributed by atoms with Crippen molar-refractivity contribution in [2.45, 2.75) is 45.4 Å². The van der Waals surface area contributed by atoms with E-state index in [0.29, 0.717) is 17.9 Å². The summed E-state index contributed by atoms with van der Waals surface area (Å²) in [5, 5.41) is 6.99. The summed E-state index contributed by atoms with van der Waals surface area (Å²) >= 11 is 0. The zero-order valence-electron chi connectivity index (χ0n) is 10.8. The van der Waals surface area contributed by atoms with E-state index in [2.05, 4.69) is 10.4 Å². The molecular weight excluding hydrogens is 232 g/mol. The molecule has 0 saturated carbocycles. The molecule has 100 valence electrons. The quantitative estimate of drug-likeness (QED) is 0.829. The molecule has 3 N–H and O–H groups in total. The molecule has 0 bridgehead atoms. The van der Waals surface area contributed by atoms with Crippen LogP contribution in [-0.4, -0.2) is 34.4 Å². The summed E-state index contributed by atoms with van der Waals surface area (Å²) in [7, 11) is 0. The lowest BCUT2D eigenvalue weighted by Gasteiger charge is -2.20. The predicted octanol–water partition coefficient (Wildman–Crippen LogP) is 0.782. The Morgan fingerprint density at radius 1 is 1.78 bits per heavy atom. The highest BCUT2D eigenvalue weighted by Crippen LogP contribution is 2.17. The summed E-state index contributed by atoms with van der Waals surface area (Å²) in [5.74, 6) is -0.185. The average Bonchev–Trinajstić information content (AvgIpc) is 2.97. The van der Waals surface area contributed by atoms with Gasteiger partial charge in [-0.15, -0.1) is 0 Å². The van der Waals surface area contributed by atoms with Crippen molar-refractivity contribution in [3.05, 3.63) is 11.9 Å². The van der Waals surface area contributed by atoms with Gasteiger partial charge in [0.15, 0.2) is 0 Å². The molecule has 1 aromatic rings. The first kappa shape index (κ1) is 12.9. The van der Waals surface area contributed by atoms with E-state index in [1.165, 1.54) is 6.20 Å². The third-order valence-electron chi connectivity index (χ3n) is 3.26. The van der Waals surface area contributed by atoms with Gasteiger partial charge in [-0.2, -0.15) is 5.10 Å². The molecule has 6 heteroatoms. The Bertz CT molecular complexity index is 424. The number of aromatic nitrogens is 2. The zero-order chi connectivity index (χ0) is 13.1. The monoisotopic (exact) mass is 252 g/mol. The number of rotatable bonds is 4. The maximum atomic E-state index is 12.2. The smallest absolute Gasteiger partial charge is 0.271 e. The number of nitrogens with zero attached hydrogens (tertiary/aromatic N) is 2. The maximum absolute atomic E-state index is 12.2. The molecule has 2 unspecified atom stereocenters. The second-order valence-electron chi connectivity index (χ2n) is 4.58. The summed E-state index contributed by atoms with van der Waals surface area (Å²) in [4.78, 5) is 12.2. The number of amides is 1. The third-order valence-corrected chi connectivity index (χ3v) is 3.26. The van der Waals surface area contributed by atoms with Crippen LogP contribution in [0.1, 0.15) is 37.2 Å². The molecule has 0 spiro atoms. The minimum atomic E-state index is -0.185. The molecule has 1 aliphatic rings. The summed E-state index contributed by atoms with van der Waals surface area (Å²) in [6, 6.07) is -0.0143. The lowest BCUT2D eigenvalue weighted by molar-refractivity contribution is 0.0707. The van der Waals surface area contributed by atoms with Gasteiger partial charge in [-0.1, -0.05) is 0 Å². The SMILES string of the molecule is CCn1ncc(N)c1C(=O)NC(C)C1CCCO1. The van der Waals surface area contributed by atoms with Crippen LogP contribution in [0.15, 0.2) is 6.20 Å². The van der Waals surface area contributed by atoms with E-state index in [4.69, 9.17) is 10.5 Å². The highest BCUT2D eigenvalue weighted by atomic mass is 16.5. The largest absolute Gasteiger partial charge is 0.396 e. The van der Waals surface area contributed by atoms with Gasteiger partial charge in [0, 0.05) is 13.2 Å². The van der Waals surface area contributed by atoms with Crippen LogP contribution in [0.4, 0.5) is 5.69 Å². The summed E-state index contributed by atoms with van der Waals surface area (Å²) in [5.41, 5.74) is 6.62. The lowest BCUT2D eigenvalue weighted by atomic mass is 10.1. The molecule has 2 rings (SSSR count). The fourth-order valence-electron chi connectivity index (χ4n) is 2.25. The standard InChI is InChI=1S/C12H20N4O2/c1-3-16-11(9(13)7-14-16)12(17)15-8(2)10-5-4-6-18-10/h7-8,10H,3-6,13H2,1-2H3,(H,15,17). The van der Waals surface area contributed by atoms with Crippen molar-refractivity contribution in [1.29, 1.82) is 0 Å². The van der Waals surface area contributed by atoms with E-state index in [1.807, 2.05) is 13.8 Å². The van der Waals surface area contributed by atoms with Gasteiger partial charge in [0.25, 0.3) is 5.91 Å². The average molecular weight is 252 g/mol. The lowest BCUT2D eigenvalue weighted by Crippen LogP contribution is -2.41. The molecule has 0 aromatic carbocycles. The van der Waals surface area contributed by atoms with Crippen LogP contribution in [0.25, 0.3) is 0 Å². The maximum Gasteiger partial charge on any atom is 0.271 e. The van der Waals surface area contributed by atoms with Crippen LogP contribution < -0.4 is 11.1 Å². The predicted molar refractivity (Wildman–Crippen MR) is 68.2 cm³/mol. The molecule has 6 nitrogen and oxygen atoms in total. The van der Waals surface area contributed by atoms with E-state index < -0.39 is 0 Å². The molecule has 1 saturated heterocycles. The molecule has 0 radical (unpaired) electrons. The van der Waals surface area contributed by atoms with Gasteiger partial charge in [-0.3, -0.25) is 9.48 Å². The molecule has 1 amide bonds. The number of nitrogens with one attached hydrogen (secondary N) is 1. The third kappa shape index (κ3) is 2.48. The van der Waals surface area contributed by atoms with E-state index in [1.54, 1.807) is 4.68 Å². The van der Waals surface area contributed by atoms with Gasteiger partial charge in [0.2, 0.25) is 0 Å². The van der Waals surface area contributed by atoms with Crippen molar-refractivity contribution < 1.29 is 9.53 Å². The molecule has 1 aliphatic heterocycles. The summed E-state index contributed by atoms with van der Waals surface area (Å²) in [6.07, 6.45) is 3.66. The van der Waals surface area contributed by atoms with Crippen LogP contribution in [0, 0.1) is 0 Å². The Morgan fingerprint density at radius 2 is 2.56 bits per heavy atom. The number of nitrogens with two attached hydrogens (primary N) is 1. The molecule has 0 aliphatic carbocycles. The highest BCUT2D eigenvalue weighted by Gasteiger charge is 2.25. The Labute approximate surface area is 106 Å². The molecule has 18 heavy (non-hydrogen) atoms. The first-order valence-corrected chi connectivity index (χ1v) is 6.37. The van der Waals surface area contributed by atoms with Crippen molar-refractivity contribution in [3.63, 3.8) is 0 Å². The Kier molecular flexibility index (Phi) is 3.86. The minimum Gasteiger partial charge on any atom is -0.396 e. The van der Waals surface area contributed by atoms with E-state index in [9.17, 15) is 4.79 Å². The number of carbonyl (C=O) groups is 1. The van der Waals surface area contributed by atoms with Gasteiger partial charge in [-0.25, -0.2) is 0 Å². The normalized spacial score (nSPS) is 20.9. The summed E-state index contributed by atoms with van der Waals surface area (Å²) < 4.78 is 7.16. The van der Waals surface area contributed by atoms with E-state index in [0.717, 1.165) is 19.4 Å². The molecule has 2 heterocycles. The minimum absolute atomic E-state index is 0.0143. The van der Waals surface area contributed by atoms with Crippen LogP contribution in [0.3, 0.4) is 0 Å². The van der Waals surface area contributed by atoms with Gasteiger partial charge in [-0.05, 0) is 26.7 Å². The van der Waals surface area contributed by atoms with Crippen LogP contribution in [0.5, 0.6) is 0 Å². The van der Waals surface area contributed by atoms with E-state index in [-0.39, 0.29) is 18.1 Å². The number of nitrogen functional groups attached to an aromatic ring is 1. The van der Waals surface area contributed by atoms with Crippen molar-refractivity contribution in [2.75, 3.05) is 12.3 Å². The Morgan fingerprint density at radius 3 is 3.17 bits per heavy atom.